The van der Waals surface area contributed by atoms with Gasteiger partial charge in [0.05, 0.1) is 11.9 Å². The molecule has 2 nitrogen and oxygen atoms in total. The average molecular weight is 206 g/mol. The fourth-order valence-electron chi connectivity index (χ4n) is 0.793. The predicted molar refractivity (Wildman–Crippen MR) is 54.8 cm³/mol. The minimum Gasteiger partial charge on any atom is -0.462 e. The summed E-state index contributed by atoms with van der Waals surface area (Å²) < 4.78 is 5.00. The highest BCUT2D eigenvalue weighted by Crippen LogP contribution is 2.29. The van der Waals surface area contributed by atoms with Crippen LogP contribution in [0.2, 0.25) is 0 Å². The van der Waals surface area contributed by atoms with Gasteiger partial charge in [0.15, 0.2) is 0 Å². The fraction of sp³-hybridized carbons (Fsp3) is 0.875. The summed E-state index contributed by atoms with van der Waals surface area (Å²) in [7, 11) is 0. The van der Waals surface area contributed by atoms with Gasteiger partial charge in [-0.3, -0.25) is 4.79 Å². The molecule has 12 heavy (non-hydrogen) atoms. The third-order valence-electron chi connectivity index (χ3n) is 1.41. The van der Waals surface area contributed by atoms with Crippen molar-refractivity contribution in [3.63, 3.8) is 0 Å². The summed E-state index contributed by atoms with van der Waals surface area (Å²) >= 11 is 3.66. The van der Waals surface area contributed by atoms with E-state index in [9.17, 15) is 4.79 Å². The Bertz CT molecular complexity index is 155. The second kappa shape index (κ2) is 5.02. The molecule has 0 aromatic heterocycles. The van der Waals surface area contributed by atoms with Crippen molar-refractivity contribution in [2.75, 3.05) is 17.3 Å². The molecule has 70 valence electrons. The Kier molecular flexibility index (Phi) is 4.29. The van der Waals surface area contributed by atoms with E-state index in [4.69, 9.17) is 4.74 Å². The van der Waals surface area contributed by atoms with Crippen LogP contribution in [0.25, 0.3) is 0 Å². The summed E-state index contributed by atoms with van der Waals surface area (Å²) in [5.74, 6) is 2.83. The smallest absolute Gasteiger partial charge is 0.316 e. The van der Waals surface area contributed by atoms with E-state index in [1.807, 2.05) is 25.6 Å². The molecule has 0 amide bonds. The van der Waals surface area contributed by atoms with E-state index < -0.39 is 0 Å². The molecular formula is C8H14O2S2. The quantitative estimate of drug-likeness (QED) is 0.655. The van der Waals surface area contributed by atoms with Crippen LogP contribution < -0.4 is 0 Å². The van der Waals surface area contributed by atoms with Gasteiger partial charge in [-0.05, 0) is 13.8 Å². The number of esters is 1. The van der Waals surface area contributed by atoms with Crippen LogP contribution in [-0.2, 0) is 9.53 Å². The summed E-state index contributed by atoms with van der Waals surface area (Å²) in [6, 6.07) is 0. The number of hydrogen-bond donors (Lipinski definition) is 0. The first-order chi connectivity index (χ1) is 5.68. The van der Waals surface area contributed by atoms with Crippen molar-refractivity contribution in [1.82, 2.24) is 0 Å². The minimum absolute atomic E-state index is 0.0221. The first kappa shape index (κ1) is 10.3. The maximum absolute atomic E-state index is 11.0. The van der Waals surface area contributed by atoms with Crippen LogP contribution in [-0.4, -0.2) is 34.6 Å². The summed E-state index contributed by atoms with van der Waals surface area (Å²) in [4.78, 5) is 11.0. The molecule has 0 aliphatic carbocycles. The molecule has 0 aromatic carbocycles. The monoisotopic (exact) mass is 206 g/mol. The van der Waals surface area contributed by atoms with Gasteiger partial charge >= 0.3 is 5.97 Å². The van der Waals surface area contributed by atoms with Crippen molar-refractivity contribution in [3.8, 4) is 0 Å². The van der Waals surface area contributed by atoms with E-state index in [1.165, 1.54) is 11.5 Å². The predicted octanol–water partition coefficient (Wildman–Crippen LogP) is 1.79. The third kappa shape index (κ3) is 3.72. The van der Waals surface area contributed by atoms with Crippen molar-refractivity contribution in [2.45, 2.75) is 25.2 Å². The van der Waals surface area contributed by atoms with Gasteiger partial charge in [0, 0.05) is 16.8 Å². The Labute approximate surface area is 81.8 Å². The molecule has 4 heteroatoms. The first-order valence-corrected chi connectivity index (χ1v) is 6.27. The Hall–Kier alpha value is 0.170. The van der Waals surface area contributed by atoms with Crippen molar-refractivity contribution in [3.05, 3.63) is 0 Å². The Morgan fingerprint density at radius 3 is 2.75 bits per heavy atom. The molecule has 0 spiro atoms. The molecular weight excluding hydrogens is 192 g/mol. The molecule has 1 aliphatic heterocycles. The summed E-state index contributed by atoms with van der Waals surface area (Å²) in [5, 5.41) is 0.690. The molecule has 0 bridgehead atoms. The van der Waals surface area contributed by atoms with E-state index in [0.29, 0.717) is 11.0 Å². The van der Waals surface area contributed by atoms with E-state index in [2.05, 4.69) is 0 Å². The van der Waals surface area contributed by atoms with Gasteiger partial charge in [-0.25, -0.2) is 0 Å². The zero-order valence-electron chi connectivity index (χ0n) is 7.41. The molecule has 0 radical (unpaired) electrons. The zero-order chi connectivity index (χ0) is 8.97. The molecule has 1 saturated heterocycles. The molecule has 0 N–H and O–H groups in total. The van der Waals surface area contributed by atoms with Crippen LogP contribution in [0, 0.1) is 0 Å². The van der Waals surface area contributed by atoms with Gasteiger partial charge in [0.2, 0.25) is 0 Å². The topological polar surface area (TPSA) is 26.3 Å². The Morgan fingerprint density at radius 1 is 1.67 bits per heavy atom. The lowest BCUT2D eigenvalue weighted by Gasteiger charge is -2.23. The fourth-order valence-corrected chi connectivity index (χ4v) is 3.01. The van der Waals surface area contributed by atoms with Gasteiger partial charge in [-0.2, -0.15) is 11.8 Å². The number of rotatable bonds is 4. The maximum Gasteiger partial charge on any atom is 0.316 e. The van der Waals surface area contributed by atoms with Gasteiger partial charge < -0.3 is 4.74 Å². The Morgan fingerprint density at radius 2 is 2.33 bits per heavy atom. The van der Waals surface area contributed by atoms with Gasteiger partial charge in [-0.1, -0.05) is 0 Å². The van der Waals surface area contributed by atoms with Crippen molar-refractivity contribution in [1.29, 1.82) is 0 Å². The van der Waals surface area contributed by atoms with E-state index in [0.717, 1.165) is 0 Å². The summed E-state index contributed by atoms with van der Waals surface area (Å²) in [6.07, 6.45) is 0.0221. The summed E-state index contributed by atoms with van der Waals surface area (Å²) in [5.41, 5.74) is 0. The second-order valence-corrected chi connectivity index (χ2v) is 5.37. The van der Waals surface area contributed by atoms with Crippen LogP contribution in [0.1, 0.15) is 13.8 Å². The molecule has 0 saturated carbocycles. The number of ether oxygens (including phenoxy) is 1. The van der Waals surface area contributed by atoms with Crippen LogP contribution in [0.3, 0.4) is 0 Å². The molecule has 0 aromatic rings. The second-order valence-electron chi connectivity index (χ2n) is 3.01. The normalized spacial score (nSPS) is 17.6. The number of hydrogen-bond acceptors (Lipinski definition) is 4. The van der Waals surface area contributed by atoms with Crippen LogP contribution in [0.4, 0.5) is 0 Å². The highest BCUT2D eigenvalue weighted by atomic mass is 32.2. The number of carbonyl (C=O) groups excluding carboxylic acids is 1. The van der Waals surface area contributed by atoms with Crippen molar-refractivity contribution >= 4 is 29.5 Å². The molecule has 0 unspecified atom stereocenters. The molecule has 1 fully saturated rings. The Balaban J connectivity index is 2.01. The maximum atomic E-state index is 11.0. The van der Waals surface area contributed by atoms with E-state index in [1.54, 1.807) is 11.8 Å². The van der Waals surface area contributed by atoms with Crippen LogP contribution in [0.5, 0.6) is 0 Å². The lowest BCUT2D eigenvalue weighted by molar-refractivity contribution is -0.144. The standard InChI is InChI=1S/C8H14O2S2/c1-6(2)10-8(9)5-12-7-3-11-4-7/h6-7H,3-5H2,1-2H3. The number of carbonyl (C=O) groups is 1. The van der Waals surface area contributed by atoms with Gasteiger partial charge in [-0.15, -0.1) is 11.8 Å². The number of thioether (sulfide) groups is 2. The highest BCUT2D eigenvalue weighted by molar-refractivity contribution is 8.07. The largest absolute Gasteiger partial charge is 0.462 e. The third-order valence-corrected chi connectivity index (χ3v) is 4.32. The SMILES string of the molecule is CC(C)OC(=O)CSC1CSC1. The zero-order valence-corrected chi connectivity index (χ0v) is 9.04. The molecule has 1 rings (SSSR count). The highest BCUT2D eigenvalue weighted by Gasteiger charge is 2.20. The average Bonchev–Trinajstić information content (AvgIpc) is 1.81. The molecule has 1 heterocycles. The van der Waals surface area contributed by atoms with Crippen molar-refractivity contribution < 1.29 is 9.53 Å². The summed E-state index contributed by atoms with van der Waals surface area (Å²) in [6.45, 7) is 3.75. The van der Waals surface area contributed by atoms with E-state index in [-0.39, 0.29) is 12.1 Å². The van der Waals surface area contributed by atoms with Gasteiger partial charge in [0.25, 0.3) is 0 Å². The van der Waals surface area contributed by atoms with Crippen LogP contribution >= 0.6 is 23.5 Å². The first-order valence-electron chi connectivity index (χ1n) is 4.07. The van der Waals surface area contributed by atoms with Crippen LogP contribution in [0.15, 0.2) is 0 Å². The minimum atomic E-state index is -0.0769. The van der Waals surface area contributed by atoms with E-state index >= 15 is 0 Å². The molecule has 0 atom stereocenters. The van der Waals surface area contributed by atoms with Gasteiger partial charge in [0.1, 0.15) is 0 Å². The van der Waals surface area contributed by atoms with Crippen molar-refractivity contribution in [2.24, 2.45) is 0 Å². The lowest BCUT2D eigenvalue weighted by Crippen LogP contribution is -2.23. The lowest BCUT2D eigenvalue weighted by atomic mass is 10.5. The molecule has 1 aliphatic rings.